The predicted octanol–water partition coefficient (Wildman–Crippen LogP) is 1.86. The number of rotatable bonds is 4. The zero-order chi connectivity index (χ0) is 16.4. The maximum Gasteiger partial charge on any atom is 0.253 e. The maximum absolute atomic E-state index is 12.4. The van der Waals surface area contributed by atoms with Crippen molar-refractivity contribution in [3.8, 4) is 11.5 Å². The lowest BCUT2D eigenvalue weighted by Crippen LogP contribution is -2.27. The third-order valence-corrected chi connectivity index (χ3v) is 3.51. The first-order valence-corrected chi connectivity index (χ1v) is 7.43. The Morgan fingerprint density at radius 1 is 1.35 bits per heavy atom. The molecule has 0 fully saturated rings. The molecule has 7 nitrogen and oxygen atoms in total. The molecule has 0 unspecified atom stereocenters. The number of nitrogen functional groups attached to an aromatic ring is 1. The molecule has 3 rings (SSSR count). The van der Waals surface area contributed by atoms with Crippen LogP contribution in [0.15, 0.2) is 36.5 Å². The summed E-state index contributed by atoms with van der Waals surface area (Å²) in [7, 11) is 1.77. The number of hydrogen-bond donors (Lipinski definition) is 1. The molecule has 3 aromatic heterocycles. The molecule has 0 atom stereocenters. The van der Waals surface area contributed by atoms with E-state index in [1.165, 1.54) is 4.52 Å². The Balaban J connectivity index is 2.03. The van der Waals surface area contributed by atoms with Gasteiger partial charge in [-0.15, -0.1) is 5.10 Å². The van der Waals surface area contributed by atoms with E-state index in [1.54, 1.807) is 30.3 Å². The molecule has 0 saturated heterocycles. The van der Waals surface area contributed by atoms with Crippen molar-refractivity contribution < 1.29 is 4.79 Å². The summed E-state index contributed by atoms with van der Waals surface area (Å²) in [5, 5.41) is 4.36. The van der Waals surface area contributed by atoms with Crippen LogP contribution in [0.4, 0.5) is 5.82 Å². The Hall–Kier alpha value is -2.96. The zero-order valence-electron chi connectivity index (χ0n) is 13.1. The molecule has 3 aromatic rings. The fourth-order valence-corrected chi connectivity index (χ4v) is 2.39. The molecule has 0 radical (unpaired) electrons. The molecule has 0 aliphatic carbocycles. The highest BCUT2D eigenvalue weighted by atomic mass is 16.2. The lowest BCUT2D eigenvalue weighted by molar-refractivity contribution is 0.0795. The van der Waals surface area contributed by atoms with Crippen molar-refractivity contribution in [3.63, 3.8) is 0 Å². The van der Waals surface area contributed by atoms with Crippen LogP contribution in [0.25, 0.3) is 17.2 Å². The van der Waals surface area contributed by atoms with Crippen molar-refractivity contribution in [2.24, 2.45) is 0 Å². The van der Waals surface area contributed by atoms with Gasteiger partial charge in [-0.3, -0.25) is 9.78 Å². The first kappa shape index (κ1) is 15.0. The second-order valence-electron chi connectivity index (χ2n) is 5.32. The Morgan fingerprint density at radius 3 is 2.87 bits per heavy atom. The predicted molar refractivity (Wildman–Crippen MR) is 87.9 cm³/mol. The zero-order valence-corrected chi connectivity index (χ0v) is 13.1. The lowest BCUT2D eigenvalue weighted by Gasteiger charge is -2.16. The first-order valence-electron chi connectivity index (χ1n) is 7.43. The van der Waals surface area contributed by atoms with Crippen molar-refractivity contribution in [1.29, 1.82) is 0 Å². The van der Waals surface area contributed by atoms with Crippen molar-refractivity contribution in [2.75, 3.05) is 19.3 Å². The first-order chi connectivity index (χ1) is 11.1. The molecule has 7 heteroatoms. The second kappa shape index (κ2) is 6.04. The van der Waals surface area contributed by atoms with Crippen LogP contribution in [0.1, 0.15) is 23.7 Å². The normalized spacial score (nSPS) is 10.9. The van der Waals surface area contributed by atoms with Crippen LogP contribution < -0.4 is 5.73 Å². The molecule has 0 aromatic carbocycles. The number of anilines is 1. The summed E-state index contributed by atoms with van der Waals surface area (Å²) in [6, 6.07) is 8.84. The summed E-state index contributed by atoms with van der Waals surface area (Å²) in [6.07, 6.45) is 2.58. The van der Waals surface area contributed by atoms with E-state index in [1.807, 2.05) is 25.1 Å². The van der Waals surface area contributed by atoms with Gasteiger partial charge in [0.15, 0.2) is 5.65 Å². The molecule has 0 aliphatic rings. The molecular weight excluding hydrogens is 292 g/mol. The SMILES string of the molecule is CCCN(C)C(=O)c1cc(N)n2nc(-c3ccccn3)nc2c1. The van der Waals surface area contributed by atoms with Gasteiger partial charge in [0.05, 0.1) is 0 Å². The molecule has 0 saturated carbocycles. The van der Waals surface area contributed by atoms with Crippen molar-refractivity contribution in [1.82, 2.24) is 24.5 Å². The quantitative estimate of drug-likeness (QED) is 0.794. The highest BCUT2D eigenvalue weighted by molar-refractivity contribution is 5.95. The van der Waals surface area contributed by atoms with Gasteiger partial charge in [0.25, 0.3) is 5.91 Å². The topological polar surface area (TPSA) is 89.4 Å². The summed E-state index contributed by atoms with van der Waals surface area (Å²) < 4.78 is 1.51. The number of pyridine rings is 2. The lowest BCUT2D eigenvalue weighted by atomic mass is 10.2. The largest absolute Gasteiger partial charge is 0.384 e. The number of nitrogens with two attached hydrogens (primary N) is 1. The van der Waals surface area contributed by atoms with Gasteiger partial charge in [0.1, 0.15) is 11.5 Å². The van der Waals surface area contributed by atoms with Gasteiger partial charge in [-0.25, -0.2) is 4.98 Å². The summed E-state index contributed by atoms with van der Waals surface area (Å²) in [6.45, 7) is 2.72. The summed E-state index contributed by atoms with van der Waals surface area (Å²) in [5.74, 6) is 0.762. The number of carbonyl (C=O) groups excluding carboxylic acids is 1. The van der Waals surface area contributed by atoms with E-state index < -0.39 is 0 Å². The van der Waals surface area contributed by atoms with E-state index in [0.29, 0.717) is 35.1 Å². The number of carbonyl (C=O) groups is 1. The molecule has 1 amide bonds. The van der Waals surface area contributed by atoms with Crippen LogP contribution in [0.3, 0.4) is 0 Å². The number of hydrogen-bond acceptors (Lipinski definition) is 5. The number of fused-ring (bicyclic) bond motifs is 1. The van der Waals surface area contributed by atoms with Gasteiger partial charge in [-0.1, -0.05) is 13.0 Å². The fourth-order valence-electron chi connectivity index (χ4n) is 2.39. The minimum absolute atomic E-state index is 0.0802. The van der Waals surface area contributed by atoms with E-state index in [-0.39, 0.29) is 5.91 Å². The molecule has 0 aliphatic heterocycles. The molecule has 3 heterocycles. The standard InChI is InChI=1S/C16H18N6O/c1-3-8-21(2)16(23)11-9-13(17)22-14(10-11)19-15(20-22)12-6-4-5-7-18-12/h4-7,9-10H,3,8,17H2,1-2H3. The van der Waals surface area contributed by atoms with E-state index in [0.717, 1.165) is 6.42 Å². The van der Waals surface area contributed by atoms with Crippen LogP contribution in [0.2, 0.25) is 0 Å². The number of aromatic nitrogens is 4. The average molecular weight is 310 g/mol. The van der Waals surface area contributed by atoms with Crippen molar-refractivity contribution >= 4 is 17.4 Å². The third-order valence-electron chi connectivity index (χ3n) is 3.51. The fraction of sp³-hybridized carbons (Fsp3) is 0.250. The molecule has 118 valence electrons. The van der Waals surface area contributed by atoms with Crippen LogP contribution in [-0.4, -0.2) is 44.0 Å². The summed E-state index contributed by atoms with van der Waals surface area (Å²) >= 11 is 0. The van der Waals surface area contributed by atoms with E-state index in [9.17, 15) is 4.79 Å². The number of amides is 1. The maximum atomic E-state index is 12.4. The molecule has 0 spiro atoms. The van der Waals surface area contributed by atoms with Gasteiger partial charge in [-0.05, 0) is 30.7 Å². The number of nitrogens with zero attached hydrogens (tertiary/aromatic N) is 5. The Labute approximate surface area is 133 Å². The smallest absolute Gasteiger partial charge is 0.253 e. The van der Waals surface area contributed by atoms with Gasteiger partial charge < -0.3 is 10.6 Å². The van der Waals surface area contributed by atoms with Crippen LogP contribution in [-0.2, 0) is 0 Å². The summed E-state index contributed by atoms with van der Waals surface area (Å²) in [5.41, 5.74) is 7.72. The molecule has 2 N–H and O–H groups in total. The van der Waals surface area contributed by atoms with Gasteiger partial charge >= 0.3 is 0 Å². The van der Waals surface area contributed by atoms with Crippen molar-refractivity contribution in [3.05, 3.63) is 42.1 Å². The molecular formula is C16H18N6O. The third kappa shape index (κ3) is 2.85. The molecule has 23 heavy (non-hydrogen) atoms. The van der Waals surface area contributed by atoms with Crippen LogP contribution in [0.5, 0.6) is 0 Å². The highest BCUT2D eigenvalue weighted by Gasteiger charge is 2.16. The second-order valence-corrected chi connectivity index (χ2v) is 5.32. The minimum atomic E-state index is -0.0802. The van der Waals surface area contributed by atoms with E-state index >= 15 is 0 Å². The minimum Gasteiger partial charge on any atom is -0.384 e. The highest BCUT2D eigenvalue weighted by Crippen LogP contribution is 2.18. The van der Waals surface area contributed by atoms with Crippen LogP contribution >= 0.6 is 0 Å². The van der Waals surface area contributed by atoms with Gasteiger partial charge in [-0.2, -0.15) is 4.52 Å². The van der Waals surface area contributed by atoms with E-state index in [2.05, 4.69) is 15.1 Å². The Kier molecular flexibility index (Phi) is 3.92. The van der Waals surface area contributed by atoms with Crippen LogP contribution in [0, 0.1) is 0 Å². The van der Waals surface area contributed by atoms with E-state index in [4.69, 9.17) is 5.73 Å². The van der Waals surface area contributed by atoms with Crippen molar-refractivity contribution in [2.45, 2.75) is 13.3 Å². The monoisotopic (exact) mass is 310 g/mol. The Morgan fingerprint density at radius 2 is 2.17 bits per heavy atom. The van der Waals surface area contributed by atoms with Gasteiger partial charge in [0, 0.05) is 25.4 Å². The average Bonchev–Trinajstić information content (AvgIpc) is 3.00. The Bertz CT molecular complexity index is 842. The molecule has 0 bridgehead atoms. The van der Waals surface area contributed by atoms with Gasteiger partial charge in [0.2, 0.25) is 5.82 Å². The summed E-state index contributed by atoms with van der Waals surface area (Å²) in [4.78, 5) is 22.7.